The lowest BCUT2D eigenvalue weighted by molar-refractivity contribution is -0.127. The fraction of sp³-hybridized carbons (Fsp3) is 0.562. The quantitative estimate of drug-likeness (QED) is 0.748. The van der Waals surface area contributed by atoms with Gasteiger partial charge < -0.3 is 4.74 Å². The number of carbonyl (C=O) groups excluding carboxylic acids is 1. The Balaban J connectivity index is 1.98. The molecule has 1 aromatic carbocycles. The Kier molecular flexibility index (Phi) is 2.43. The smallest absolute Gasteiger partial charge is 0.168 e. The maximum absolute atomic E-state index is 12.5. The van der Waals surface area contributed by atoms with Crippen molar-refractivity contribution in [3.05, 3.63) is 35.9 Å². The number of ether oxygens (including phenoxy) is 1. The summed E-state index contributed by atoms with van der Waals surface area (Å²) in [5.41, 5.74) is 0.396. The summed E-state index contributed by atoms with van der Waals surface area (Å²) in [6.45, 7) is 6.41. The lowest BCUT2D eigenvalue weighted by atomic mass is 9.65. The Hall–Kier alpha value is -1.15. The maximum Gasteiger partial charge on any atom is 0.168 e. The Morgan fingerprint density at radius 3 is 2.56 bits per heavy atom. The molecule has 3 rings (SSSR count). The van der Waals surface area contributed by atoms with Gasteiger partial charge in [-0.15, -0.1) is 0 Å². The van der Waals surface area contributed by atoms with Gasteiger partial charge in [-0.2, -0.15) is 0 Å². The molecule has 1 aliphatic carbocycles. The van der Waals surface area contributed by atoms with Crippen LogP contribution in [0.4, 0.5) is 0 Å². The molecule has 0 radical (unpaired) electrons. The first-order valence-corrected chi connectivity index (χ1v) is 6.75. The average molecular weight is 244 g/mol. The summed E-state index contributed by atoms with van der Waals surface area (Å²) in [5, 5.41) is 0. The maximum atomic E-state index is 12.5. The van der Waals surface area contributed by atoms with E-state index in [0.29, 0.717) is 18.1 Å². The molecule has 96 valence electrons. The minimum Gasteiger partial charge on any atom is -0.357 e. The fourth-order valence-corrected chi connectivity index (χ4v) is 3.53. The highest BCUT2D eigenvalue weighted by molar-refractivity contribution is 5.93. The van der Waals surface area contributed by atoms with Gasteiger partial charge in [-0.3, -0.25) is 4.79 Å². The SMILES string of the molecule is CC1CC(=O)C2(C(C)(C)c3ccccc3)OC2C1. The monoisotopic (exact) mass is 244 g/mol. The Morgan fingerprint density at radius 1 is 1.28 bits per heavy atom. The molecule has 2 aliphatic rings. The Morgan fingerprint density at radius 2 is 1.94 bits per heavy atom. The van der Waals surface area contributed by atoms with Crippen LogP contribution >= 0.6 is 0 Å². The molecule has 0 N–H and O–H groups in total. The van der Waals surface area contributed by atoms with E-state index in [0.717, 1.165) is 6.42 Å². The third kappa shape index (κ3) is 1.42. The second-order valence-corrected chi connectivity index (χ2v) is 6.30. The Bertz CT molecular complexity index is 477. The molecule has 0 amide bonds. The zero-order valence-corrected chi connectivity index (χ0v) is 11.3. The van der Waals surface area contributed by atoms with Crippen LogP contribution in [0.3, 0.4) is 0 Å². The number of hydrogen-bond acceptors (Lipinski definition) is 2. The van der Waals surface area contributed by atoms with Gasteiger partial charge in [-0.05, 0) is 17.9 Å². The standard InChI is InChI=1S/C16H20O2/c1-11-9-13(17)16(14(10-11)18-16)15(2,3)12-7-5-4-6-8-12/h4-8,11,14H,9-10H2,1-3H3. The van der Waals surface area contributed by atoms with Gasteiger partial charge >= 0.3 is 0 Å². The van der Waals surface area contributed by atoms with Gasteiger partial charge in [-0.25, -0.2) is 0 Å². The zero-order chi connectivity index (χ0) is 13.0. The van der Waals surface area contributed by atoms with E-state index in [1.807, 2.05) is 18.2 Å². The van der Waals surface area contributed by atoms with E-state index in [-0.39, 0.29) is 11.5 Å². The van der Waals surface area contributed by atoms with Crippen molar-refractivity contribution in [1.29, 1.82) is 0 Å². The summed E-state index contributed by atoms with van der Waals surface area (Å²) in [7, 11) is 0. The highest BCUT2D eigenvalue weighted by atomic mass is 16.6. The van der Waals surface area contributed by atoms with E-state index in [1.54, 1.807) is 0 Å². The molecule has 1 saturated carbocycles. The van der Waals surface area contributed by atoms with Crippen LogP contribution in [-0.2, 0) is 14.9 Å². The molecule has 3 atom stereocenters. The van der Waals surface area contributed by atoms with Crippen LogP contribution in [0.1, 0.15) is 39.2 Å². The number of ketones is 1. The summed E-state index contributed by atoms with van der Waals surface area (Å²) in [5.74, 6) is 0.754. The van der Waals surface area contributed by atoms with E-state index >= 15 is 0 Å². The lowest BCUT2D eigenvalue weighted by Crippen LogP contribution is -2.48. The number of hydrogen-bond donors (Lipinski definition) is 0. The number of epoxide rings is 1. The summed E-state index contributed by atoms with van der Waals surface area (Å²) in [4.78, 5) is 12.5. The molecule has 0 aromatic heterocycles. The van der Waals surface area contributed by atoms with Crippen LogP contribution in [0.25, 0.3) is 0 Å². The molecule has 2 fully saturated rings. The van der Waals surface area contributed by atoms with Crippen molar-refractivity contribution >= 4 is 5.78 Å². The molecule has 0 spiro atoms. The predicted octanol–water partition coefficient (Wildman–Crippen LogP) is 3.10. The summed E-state index contributed by atoms with van der Waals surface area (Å²) >= 11 is 0. The molecule has 1 saturated heterocycles. The number of rotatable bonds is 2. The van der Waals surface area contributed by atoms with E-state index in [9.17, 15) is 4.79 Å². The molecule has 2 nitrogen and oxygen atoms in total. The van der Waals surface area contributed by atoms with E-state index in [1.165, 1.54) is 5.56 Å². The van der Waals surface area contributed by atoms with Gasteiger partial charge in [0.2, 0.25) is 0 Å². The van der Waals surface area contributed by atoms with E-state index in [2.05, 4.69) is 32.9 Å². The van der Waals surface area contributed by atoms with Crippen molar-refractivity contribution < 1.29 is 9.53 Å². The van der Waals surface area contributed by atoms with Crippen molar-refractivity contribution in [2.75, 3.05) is 0 Å². The van der Waals surface area contributed by atoms with Crippen molar-refractivity contribution in [2.45, 2.75) is 50.7 Å². The second kappa shape index (κ2) is 3.67. The number of carbonyl (C=O) groups is 1. The van der Waals surface area contributed by atoms with E-state index in [4.69, 9.17) is 4.74 Å². The van der Waals surface area contributed by atoms with Crippen LogP contribution in [0.5, 0.6) is 0 Å². The molecule has 1 aliphatic heterocycles. The number of benzene rings is 1. The molecule has 2 heteroatoms. The van der Waals surface area contributed by atoms with Crippen molar-refractivity contribution in [3.63, 3.8) is 0 Å². The largest absolute Gasteiger partial charge is 0.357 e. The normalized spacial score (nSPS) is 35.2. The lowest BCUT2D eigenvalue weighted by Gasteiger charge is -2.35. The fourth-order valence-electron chi connectivity index (χ4n) is 3.53. The van der Waals surface area contributed by atoms with Crippen LogP contribution in [0, 0.1) is 5.92 Å². The van der Waals surface area contributed by atoms with E-state index < -0.39 is 5.60 Å². The number of fused-ring (bicyclic) bond motifs is 1. The van der Waals surface area contributed by atoms with Gasteiger partial charge in [0.1, 0.15) is 0 Å². The van der Waals surface area contributed by atoms with Crippen LogP contribution < -0.4 is 0 Å². The molecule has 1 aromatic rings. The highest BCUT2D eigenvalue weighted by Gasteiger charge is 2.71. The first-order chi connectivity index (χ1) is 8.48. The zero-order valence-electron chi connectivity index (χ0n) is 11.3. The molecule has 18 heavy (non-hydrogen) atoms. The predicted molar refractivity (Wildman–Crippen MR) is 70.5 cm³/mol. The summed E-state index contributed by atoms with van der Waals surface area (Å²) in [6.07, 6.45) is 1.80. The molecular formula is C16H20O2. The third-order valence-corrected chi connectivity index (χ3v) is 4.71. The number of Topliss-reactive ketones (excluding diaryl/α,β-unsaturated/α-hetero) is 1. The minimum atomic E-state index is -0.555. The highest BCUT2D eigenvalue weighted by Crippen LogP contribution is 2.57. The first kappa shape index (κ1) is 11.9. The minimum absolute atomic E-state index is 0.129. The summed E-state index contributed by atoms with van der Waals surface area (Å²) < 4.78 is 5.92. The summed E-state index contributed by atoms with van der Waals surface area (Å²) in [6, 6.07) is 10.3. The first-order valence-electron chi connectivity index (χ1n) is 6.75. The average Bonchev–Trinajstić information content (AvgIpc) is 3.06. The molecular weight excluding hydrogens is 224 g/mol. The molecule has 0 bridgehead atoms. The van der Waals surface area contributed by atoms with Gasteiger partial charge in [0, 0.05) is 11.8 Å². The van der Waals surface area contributed by atoms with Gasteiger partial charge in [0.05, 0.1) is 6.10 Å². The topological polar surface area (TPSA) is 29.6 Å². The van der Waals surface area contributed by atoms with Gasteiger partial charge in [0.15, 0.2) is 11.4 Å². The van der Waals surface area contributed by atoms with Crippen LogP contribution in [-0.4, -0.2) is 17.5 Å². The van der Waals surface area contributed by atoms with Gasteiger partial charge in [-0.1, -0.05) is 51.1 Å². The second-order valence-electron chi connectivity index (χ2n) is 6.30. The van der Waals surface area contributed by atoms with Crippen molar-refractivity contribution in [1.82, 2.24) is 0 Å². The van der Waals surface area contributed by atoms with Crippen LogP contribution in [0.2, 0.25) is 0 Å². The third-order valence-electron chi connectivity index (χ3n) is 4.71. The molecule has 3 unspecified atom stereocenters. The van der Waals surface area contributed by atoms with Crippen molar-refractivity contribution in [2.24, 2.45) is 5.92 Å². The van der Waals surface area contributed by atoms with Crippen LogP contribution in [0.15, 0.2) is 30.3 Å². The van der Waals surface area contributed by atoms with Crippen molar-refractivity contribution in [3.8, 4) is 0 Å². The van der Waals surface area contributed by atoms with Gasteiger partial charge in [0.25, 0.3) is 0 Å². The Labute approximate surface area is 108 Å². The molecule has 1 heterocycles.